The molecule has 1 aromatic heterocycles. The Bertz CT molecular complexity index is 1450. The lowest BCUT2D eigenvalue weighted by Crippen LogP contribution is -2.13. The van der Waals surface area contributed by atoms with Crippen molar-refractivity contribution in [3.05, 3.63) is 106 Å². The second-order valence-corrected chi connectivity index (χ2v) is 7.37. The number of rotatable bonds is 7. The fourth-order valence-corrected chi connectivity index (χ4v) is 3.38. The number of carbonyl (C=O) groups excluding carboxylic acids is 1. The summed E-state index contributed by atoms with van der Waals surface area (Å²) in [5, 5.41) is 27.9. The number of carbonyl (C=O) groups is 1. The van der Waals surface area contributed by atoms with Gasteiger partial charge in [0.15, 0.2) is 0 Å². The Morgan fingerprint density at radius 2 is 1.86 bits per heavy atom. The van der Waals surface area contributed by atoms with Gasteiger partial charge in [-0.2, -0.15) is 10.4 Å². The second kappa shape index (κ2) is 10.1. The molecule has 0 unspecified atom stereocenters. The average molecular weight is 465 g/mol. The molecule has 0 bridgehead atoms. The van der Waals surface area contributed by atoms with E-state index in [1.165, 1.54) is 30.3 Å². The number of methoxy groups -OCH3 is 1. The molecule has 9 nitrogen and oxygen atoms in total. The molecule has 4 rings (SSSR count). The highest BCUT2D eigenvalue weighted by Crippen LogP contribution is 2.28. The number of benzene rings is 3. The molecule has 0 spiro atoms. The van der Waals surface area contributed by atoms with Crippen LogP contribution in [0.1, 0.15) is 5.56 Å². The van der Waals surface area contributed by atoms with Crippen LogP contribution < -0.4 is 10.1 Å². The van der Waals surface area contributed by atoms with Gasteiger partial charge in [0, 0.05) is 35.1 Å². The molecule has 1 heterocycles. The monoisotopic (exact) mass is 465 g/mol. The standard InChI is InChI=1S/C26H19N5O4/c1-35-24-12-10-18(11-13-24)25-20(17-30(29-25)22-7-3-2-4-8-22)14-19(16-27)26(32)28-21-6-5-9-23(15-21)31(33)34/h2-15,17H,1H3,(H,28,32)/b19-14+. The molecule has 1 N–H and O–H groups in total. The number of nitriles is 1. The molecule has 0 aliphatic rings. The Kier molecular flexibility index (Phi) is 6.65. The maximum absolute atomic E-state index is 12.8. The maximum Gasteiger partial charge on any atom is 0.271 e. The van der Waals surface area contributed by atoms with Crippen LogP contribution in [-0.4, -0.2) is 27.7 Å². The smallest absolute Gasteiger partial charge is 0.271 e. The third-order valence-electron chi connectivity index (χ3n) is 5.11. The number of hydrogen-bond donors (Lipinski definition) is 1. The minimum Gasteiger partial charge on any atom is -0.497 e. The van der Waals surface area contributed by atoms with E-state index >= 15 is 0 Å². The second-order valence-electron chi connectivity index (χ2n) is 7.37. The molecule has 9 heteroatoms. The Hall–Kier alpha value is -5.23. The van der Waals surface area contributed by atoms with E-state index in [4.69, 9.17) is 4.74 Å². The van der Waals surface area contributed by atoms with Crippen LogP contribution in [0.15, 0.2) is 90.6 Å². The fraction of sp³-hybridized carbons (Fsp3) is 0.0385. The predicted molar refractivity (Wildman–Crippen MR) is 131 cm³/mol. The number of hydrogen-bond acceptors (Lipinski definition) is 6. The number of para-hydroxylation sites is 1. The fourth-order valence-electron chi connectivity index (χ4n) is 3.38. The maximum atomic E-state index is 12.8. The molecule has 0 saturated heterocycles. The highest BCUT2D eigenvalue weighted by molar-refractivity contribution is 6.10. The Morgan fingerprint density at radius 1 is 1.11 bits per heavy atom. The summed E-state index contributed by atoms with van der Waals surface area (Å²) in [6.07, 6.45) is 3.17. The Labute approximate surface area is 200 Å². The predicted octanol–water partition coefficient (Wildman–Crippen LogP) is 5.00. The summed E-state index contributed by atoms with van der Waals surface area (Å²) >= 11 is 0. The summed E-state index contributed by atoms with van der Waals surface area (Å²) in [5.41, 5.74) is 2.54. The first-order valence-corrected chi connectivity index (χ1v) is 10.5. The lowest BCUT2D eigenvalue weighted by Gasteiger charge is -2.05. The highest BCUT2D eigenvalue weighted by Gasteiger charge is 2.16. The first kappa shape index (κ1) is 22.9. The first-order valence-electron chi connectivity index (χ1n) is 10.5. The van der Waals surface area contributed by atoms with Gasteiger partial charge in [0.25, 0.3) is 11.6 Å². The molecule has 3 aromatic carbocycles. The van der Waals surface area contributed by atoms with E-state index in [1.54, 1.807) is 30.1 Å². The molecule has 0 aliphatic heterocycles. The number of nitro benzene ring substituents is 1. The molecule has 172 valence electrons. The van der Waals surface area contributed by atoms with Crippen LogP contribution in [0.25, 0.3) is 23.0 Å². The number of amides is 1. The summed E-state index contributed by atoms with van der Waals surface area (Å²) < 4.78 is 6.89. The molecule has 0 saturated carbocycles. The summed E-state index contributed by atoms with van der Waals surface area (Å²) in [4.78, 5) is 23.3. The third-order valence-corrected chi connectivity index (χ3v) is 5.11. The highest BCUT2D eigenvalue weighted by atomic mass is 16.6. The van der Waals surface area contributed by atoms with Crippen molar-refractivity contribution >= 4 is 23.4 Å². The van der Waals surface area contributed by atoms with Gasteiger partial charge in [0.1, 0.15) is 17.4 Å². The zero-order valence-electron chi connectivity index (χ0n) is 18.6. The van der Waals surface area contributed by atoms with Crippen LogP contribution in [0.2, 0.25) is 0 Å². The van der Waals surface area contributed by atoms with Crippen LogP contribution >= 0.6 is 0 Å². The molecule has 0 atom stereocenters. The third kappa shape index (κ3) is 5.23. The van der Waals surface area contributed by atoms with E-state index in [2.05, 4.69) is 10.4 Å². The van der Waals surface area contributed by atoms with Gasteiger partial charge in [-0.3, -0.25) is 14.9 Å². The van der Waals surface area contributed by atoms with Gasteiger partial charge in [0.2, 0.25) is 0 Å². The first-order chi connectivity index (χ1) is 17.0. The van der Waals surface area contributed by atoms with Gasteiger partial charge >= 0.3 is 0 Å². The van der Waals surface area contributed by atoms with E-state index in [9.17, 15) is 20.2 Å². The number of nitro groups is 1. The molecule has 0 radical (unpaired) electrons. The number of nitrogens with one attached hydrogen (secondary N) is 1. The zero-order chi connectivity index (χ0) is 24.8. The number of anilines is 1. The minimum absolute atomic E-state index is 0.170. The normalized spacial score (nSPS) is 10.9. The van der Waals surface area contributed by atoms with Crippen molar-refractivity contribution < 1.29 is 14.5 Å². The molecule has 0 fully saturated rings. The molecule has 1 amide bonds. The largest absolute Gasteiger partial charge is 0.497 e. The van der Waals surface area contributed by atoms with Crippen molar-refractivity contribution in [2.24, 2.45) is 0 Å². The van der Waals surface area contributed by atoms with Gasteiger partial charge in [-0.25, -0.2) is 4.68 Å². The van der Waals surface area contributed by atoms with Crippen molar-refractivity contribution in [2.75, 3.05) is 12.4 Å². The summed E-state index contributed by atoms with van der Waals surface area (Å²) in [5.74, 6) is -0.0106. The topological polar surface area (TPSA) is 123 Å². The number of non-ortho nitro benzene ring substituents is 1. The van der Waals surface area contributed by atoms with Crippen LogP contribution in [0, 0.1) is 21.4 Å². The Morgan fingerprint density at radius 3 is 2.51 bits per heavy atom. The van der Waals surface area contributed by atoms with E-state index in [0.29, 0.717) is 17.0 Å². The Balaban J connectivity index is 1.73. The van der Waals surface area contributed by atoms with E-state index in [1.807, 2.05) is 48.5 Å². The number of aromatic nitrogens is 2. The lowest BCUT2D eigenvalue weighted by atomic mass is 10.1. The van der Waals surface area contributed by atoms with Crippen molar-refractivity contribution in [1.29, 1.82) is 5.26 Å². The van der Waals surface area contributed by atoms with E-state index in [-0.39, 0.29) is 16.9 Å². The summed E-state index contributed by atoms with van der Waals surface area (Å²) in [6.45, 7) is 0. The van der Waals surface area contributed by atoms with Gasteiger partial charge in [0.05, 0.1) is 23.4 Å². The van der Waals surface area contributed by atoms with Crippen LogP contribution in [0.5, 0.6) is 5.75 Å². The number of ether oxygens (including phenoxy) is 1. The van der Waals surface area contributed by atoms with Crippen LogP contribution in [-0.2, 0) is 4.79 Å². The van der Waals surface area contributed by atoms with Gasteiger partial charge < -0.3 is 10.1 Å². The van der Waals surface area contributed by atoms with Gasteiger partial charge in [-0.15, -0.1) is 0 Å². The summed E-state index contributed by atoms with van der Waals surface area (Å²) in [6, 6.07) is 24.1. The average Bonchev–Trinajstić information content (AvgIpc) is 3.31. The molecule has 4 aromatic rings. The van der Waals surface area contributed by atoms with E-state index < -0.39 is 10.8 Å². The quantitative estimate of drug-likeness (QED) is 0.177. The molecular formula is C26H19N5O4. The SMILES string of the molecule is COc1ccc(-c2nn(-c3ccccc3)cc2/C=C(\C#N)C(=O)Nc2cccc([N+](=O)[O-])c2)cc1. The van der Waals surface area contributed by atoms with Crippen molar-refractivity contribution in [3.63, 3.8) is 0 Å². The van der Waals surface area contributed by atoms with Crippen LogP contribution in [0.3, 0.4) is 0 Å². The van der Waals surface area contributed by atoms with Gasteiger partial charge in [-0.1, -0.05) is 24.3 Å². The van der Waals surface area contributed by atoms with Crippen molar-refractivity contribution in [1.82, 2.24) is 9.78 Å². The van der Waals surface area contributed by atoms with Crippen molar-refractivity contribution in [3.8, 4) is 28.8 Å². The van der Waals surface area contributed by atoms with Crippen molar-refractivity contribution in [2.45, 2.75) is 0 Å². The molecule has 35 heavy (non-hydrogen) atoms. The molecule has 0 aliphatic carbocycles. The zero-order valence-corrected chi connectivity index (χ0v) is 18.6. The lowest BCUT2D eigenvalue weighted by molar-refractivity contribution is -0.384. The summed E-state index contributed by atoms with van der Waals surface area (Å²) in [7, 11) is 1.58. The van der Waals surface area contributed by atoms with Gasteiger partial charge in [-0.05, 0) is 48.5 Å². The minimum atomic E-state index is -0.693. The van der Waals surface area contributed by atoms with Crippen LogP contribution in [0.4, 0.5) is 11.4 Å². The van der Waals surface area contributed by atoms with E-state index in [0.717, 1.165) is 11.3 Å². The number of nitrogens with zero attached hydrogens (tertiary/aromatic N) is 4. The molecular weight excluding hydrogens is 446 g/mol.